The van der Waals surface area contributed by atoms with Crippen LogP contribution >= 0.6 is 22.6 Å². The van der Waals surface area contributed by atoms with Gasteiger partial charge in [0, 0.05) is 30.4 Å². The lowest BCUT2D eigenvalue weighted by molar-refractivity contribution is 0.938. The molecule has 0 aliphatic heterocycles. The minimum Gasteiger partial charge on any atom is -0.369 e. The average molecular weight is 394 g/mol. The standard InChI is InChI=1S/C16H19IN4/c1-3-7-19-16-13(17)14(11-4-5-11)20-15(21-16)12-6-8-18-9-10(12)2/h6,8-9,11H,3-5,7H2,1-2H3,(H,19,20,21). The number of aromatic nitrogens is 3. The van der Waals surface area contributed by atoms with Crippen LogP contribution in [0.2, 0.25) is 0 Å². The number of aryl methyl sites for hydroxylation is 1. The summed E-state index contributed by atoms with van der Waals surface area (Å²) >= 11 is 2.38. The van der Waals surface area contributed by atoms with Crippen molar-refractivity contribution in [1.29, 1.82) is 0 Å². The molecule has 0 amide bonds. The molecule has 5 heteroatoms. The van der Waals surface area contributed by atoms with E-state index in [2.05, 4.69) is 46.7 Å². The van der Waals surface area contributed by atoms with E-state index < -0.39 is 0 Å². The summed E-state index contributed by atoms with van der Waals surface area (Å²) in [5.41, 5.74) is 3.39. The zero-order valence-corrected chi connectivity index (χ0v) is 14.5. The van der Waals surface area contributed by atoms with E-state index in [1.165, 1.54) is 22.1 Å². The van der Waals surface area contributed by atoms with Gasteiger partial charge in [0.2, 0.25) is 0 Å². The zero-order chi connectivity index (χ0) is 14.8. The van der Waals surface area contributed by atoms with Gasteiger partial charge in [-0.3, -0.25) is 4.98 Å². The molecule has 2 aromatic rings. The van der Waals surface area contributed by atoms with Gasteiger partial charge in [-0.05, 0) is 60.4 Å². The zero-order valence-electron chi connectivity index (χ0n) is 12.4. The maximum absolute atomic E-state index is 4.85. The number of halogens is 1. The van der Waals surface area contributed by atoms with E-state index in [9.17, 15) is 0 Å². The molecule has 0 saturated heterocycles. The lowest BCUT2D eigenvalue weighted by Gasteiger charge is -2.13. The second-order valence-corrected chi connectivity index (χ2v) is 6.57. The molecule has 1 N–H and O–H groups in total. The van der Waals surface area contributed by atoms with Crippen LogP contribution in [0.4, 0.5) is 5.82 Å². The third-order valence-corrected chi connectivity index (χ3v) is 4.71. The molecular weight excluding hydrogens is 375 g/mol. The molecule has 1 fully saturated rings. The predicted octanol–water partition coefficient (Wildman–Crippen LogP) is 4.15. The van der Waals surface area contributed by atoms with Crippen LogP contribution in [0.15, 0.2) is 18.5 Å². The molecular formula is C16H19IN4. The fraction of sp³-hybridized carbons (Fsp3) is 0.438. The van der Waals surface area contributed by atoms with Crippen LogP contribution in [-0.2, 0) is 0 Å². The summed E-state index contributed by atoms with van der Waals surface area (Å²) in [4.78, 5) is 13.8. The van der Waals surface area contributed by atoms with E-state index >= 15 is 0 Å². The Morgan fingerprint density at radius 2 is 2.14 bits per heavy atom. The van der Waals surface area contributed by atoms with Crippen molar-refractivity contribution in [2.75, 3.05) is 11.9 Å². The summed E-state index contributed by atoms with van der Waals surface area (Å²) in [6.07, 6.45) is 7.25. The van der Waals surface area contributed by atoms with E-state index in [1.54, 1.807) is 6.20 Å². The van der Waals surface area contributed by atoms with Crippen LogP contribution in [-0.4, -0.2) is 21.5 Å². The number of rotatable bonds is 5. The Balaban J connectivity index is 2.08. The van der Waals surface area contributed by atoms with Gasteiger partial charge in [-0.1, -0.05) is 6.92 Å². The third-order valence-electron chi connectivity index (χ3n) is 3.64. The Labute approximate surface area is 139 Å². The average Bonchev–Trinajstić information content (AvgIpc) is 3.31. The third kappa shape index (κ3) is 3.17. The highest BCUT2D eigenvalue weighted by atomic mass is 127. The Morgan fingerprint density at radius 3 is 2.81 bits per heavy atom. The smallest absolute Gasteiger partial charge is 0.162 e. The summed E-state index contributed by atoms with van der Waals surface area (Å²) < 4.78 is 1.18. The van der Waals surface area contributed by atoms with Crippen LogP contribution in [0, 0.1) is 10.5 Å². The fourth-order valence-electron chi connectivity index (χ4n) is 2.30. The second-order valence-electron chi connectivity index (χ2n) is 5.49. The molecule has 3 rings (SSSR count). The number of nitrogens with zero attached hydrogens (tertiary/aromatic N) is 3. The molecule has 0 bridgehead atoms. The predicted molar refractivity (Wildman–Crippen MR) is 93.5 cm³/mol. The fourth-order valence-corrected chi connectivity index (χ4v) is 3.17. The van der Waals surface area contributed by atoms with E-state index in [1.807, 2.05) is 12.3 Å². The molecule has 1 saturated carbocycles. The van der Waals surface area contributed by atoms with Gasteiger partial charge in [-0.2, -0.15) is 0 Å². The maximum atomic E-state index is 4.85. The summed E-state index contributed by atoms with van der Waals surface area (Å²) in [5, 5.41) is 3.44. The minimum absolute atomic E-state index is 0.614. The number of hydrogen-bond acceptors (Lipinski definition) is 4. The van der Waals surface area contributed by atoms with Crippen LogP contribution < -0.4 is 5.32 Å². The first-order valence-corrected chi connectivity index (χ1v) is 8.51. The summed E-state index contributed by atoms with van der Waals surface area (Å²) in [7, 11) is 0. The summed E-state index contributed by atoms with van der Waals surface area (Å²) in [6, 6.07) is 2.00. The van der Waals surface area contributed by atoms with Crippen molar-refractivity contribution in [3.8, 4) is 11.4 Å². The minimum atomic E-state index is 0.614. The van der Waals surface area contributed by atoms with Crippen molar-refractivity contribution in [1.82, 2.24) is 15.0 Å². The SMILES string of the molecule is CCCNc1nc(-c2ccncc2C)nc(C2CC2)c1I. The molecule has 4 nitrogen and oxygen atoms in total. The Bertz CT molecular complexity index is 653. The van der Waals surface area contributed by atoms with Gasteiger partial charge >= 0.3 is 0 Å². The van der Waals surface area contributed by atoms with E-state index in [-0.39, 0.29) is 0 Å². The molecule has 0 unspecified atom stereocenters. The first kappa shape index (κ1) is 14.7. The Morgan fingerprint density at radius 1 is 1.33 bits per heavy atom. The molecule has 0 radical (unpaired) electrons. The van der Waals surface area contributed by atoms with Gasteiger partial charge in [-0.25, -0.2) is 9.97 Å². The van der Waals surface area contributed by atoms with Crippen molar-refractivity contribution >= 4 is 28.4 Å². The molecule has 2 heterocycles. The highest BCUT2D eigenvalue weighted by Crippen LogP contribution is 2.43. The number of nitrogens with one attached hydrogen (secondary N) is 1. The van der Waals surface area contributed by atoms with Crippen LogP contribution in [0.1, 0.15) is 43.4 Å². The molecule has 2 aromatic heterocycles. The van der Waals surface area contributed by atoms with Gasteiger partial charge < -0.3 is 5.32 Å². The van der Waals surface area contributed by atoms with Gasteiger partial charge in [0.1, 0.15) is 5.82 Å². The van der Waals surface area contributed by atoms with Crippen LogP contribution in [0.25, 0.3) is 11.4 Å². The number of hydrogen-bond donors (Lipinski definition) is 1. The number of pyridine rings is 1. The van der Waals surface area contributed by atoms with E-state index in [0.29, 0.717) is 5.92 Å². The van der Waals surface area contributed by atoms with Gasteiger partial charge in [-0.15, -0.1) is 0 Å². The molecule has 0 spiro atoms. The summed E-state index contributed by atoms with van der Waals surface area (Å²) in [5.74, 6) is 2.40. The molecule has 110 valence electrons. The number of anilines is 1. The van der Waals surface area contributed by atoms with Crippen LogP contribution in [0.5, 0.6) is 0 Å². The Hall–Kier alpha value is -1.24. The van der Waals surface area contributed by atoms with Crippen molar-refractivity contribution in [2.24, 2.45) is 0 Å². The van der Waals surface area contributed by atoms with Crippen molar-refractivity contribution in [3.05, 3.63) is 33.3 Å². The van der Waals surface area contributed by atoms with Crippen molar-refractivity contribution in [2.45, 2.75) is 39.0 Å². The lowest BCUT2D eigenvalue weighted by Crippen LogP contribution is -2.09. The normalized spacial score (nSPS) is 14.2. The monoisotopic (exact) mass is 394 g/mol. The summed E-state index contributed by atoms with van der Waals surface area (Å²) in [6.45, 7) is 5.16. The molecule has 0 aromatic carbocycles. The van der Waals surface area contributed by atoms with Gasteiger partial charge in [0.25, 0.3) is 0 Å². The van der Waals surface area contributed by atoms with Gasteiger partial charge in [0.05, 0.1) is 9.26 Å². The Kier molecular flexibility index (Phi) is 4.37. The van der Waals surface area contributed by atoms with Gasteiger partial charge in [0.15, 0.2) is 5.82 Å². The molecule has 1 aliphatic rings. The van der Waals surface area contributed by atoms with Crippen LogP contribution in [0.3, 0.4) is 0 Å². The highest BCUT2D eigenvalue weighted by molar-refractivity contribution is 14.1. The largest absolute Gasteiger partial charge is 0.369 e. The molecule has 1 aliphatic carbocycles. The quantitative estimate of drug-likeness (QED) is 0.775. The first-order valence-electron chi connectivity index (χ1n) is 7.43. The molecule has 21 heavy (non-hydrogen) atoms. The lowest BCUT2D eigenvalue weighted by atomic mass is 10.1. The van der Waals surface area contributed by atoms with E-state index in [0.717, 1.165) is 35.7 Å². The topological polar surface area (TPSA) is 50.7 Å². The van der Waals surface area contributed by atoms with Crippen molar-refractivity contribution < 1.29 is 0 Å². The highest BCUT2D eigenvalue weighted by Gasteiger charge is 2.29. The molecule has 0 atom stereocenters. The first-order chi connectivity index (χ1) is 10.2. The second kappa shape index (κ2) is 6.25. The maximum Gasteiger partial charge on any atom is 0.162 e. The van der Waals surface area contributed by atoms with Crippen molar-refractivity contribution in [3.63, 3.8) is 0 Å². The van der Waals surface area contributed by atoms with E-state index in [4.69, 9.17) is 9.97 Å².